The predicted molar refractivity (Wildman–Crippen MR) is 71.4 cm³/mol. The third kappa shape index (κ3) is 3.12. The van der Waals surface area contributed by atoms with Crippen molar-refractivity contribution >= 4 is 5.70 Å². The maximum absolute atomic E-state index is 13.0. The van der Waals surface area contributed by atoms with Crippen molar-refractivity contribution in [2.24, 2.45) is 5.92 Å². The van der Waals surface area contributed by atoms with E-state index in [1.54, 1.807) is 26.4 Å². The summed E-state index contributed by atoms with van der Waals surface area (Å²) >= 11 is 0. The van der Waals surface area contributed by atoms with E-state index in [0.29, 0.717) is 0 Å². The Bertz CT molecular complexity index is 443. The number of halogens is 1. The highest BCUT2D eigenvalue weighted by Gasteiger charge is 2.25. The molecule has 1 N–H and O–H groups in total. The van der Waals surface area contributed by atoms with Gasteiger partial charge in [-0.15, -0.1) is 0 Å². The molecule has 1 unspecified atom stereocenters. The second-order valence-corrected chi connectivity index (χ2v) is 4.48. The quantitative estimate of drug-likeness (QED) is 0.843. The molecule has 0 radical (unpaired) electrons. The number of methoxy groups -OCH3 is 2. The van der Waals surface area contributed by atoms with E-state index < -0.39 is 0 Å². The standard InChI is InChI=1S/C14H19FN2O2/c1-17-13(10-4-6-12(15)7-5-10)8-11(9-16-17)14(18-2)19-3/h4-8,11,14,16H,9H2,1-3H3. The van der Waals surface area contributed by atoms with Crippen LogP contribution >= 0.6 is 0 Å². The molecule has 0 saturated carbocycles. The molecule has 0 aliphatic carbocycles. The molecule has 1 aromatic carbocycles. The molecule has 1 atom stereocenters. The van der Waals surface area contributed by atoms with Crippen molar-refractivity contribution in [1.82, 2.24) is 10.4 Å². The molecule has 0 bridgehead atoms. The van der Waals surface area contributed by atoms with Crippen LogP contribution in [0, 0.1) is 11.7 Å². The largest absolute Gasteiger partial charge is 0.355 e. The summed E-state index contributed by atoms with van der Waals surface area (Å²) in [5.41, 5.74) is 5.19. The van der Waals surface area contributed by atoms with Gasteiger partial charge >= 0.3 is 0 Å². The van der Waals surface area contributed by atoms with Crippen LogP contribution in [0.15, 0.2) is 30.3 Å². The third-order valence-electron chi connectivity index (χ3n) is 3.25. The van der Waals surface area contributed by atoms with E-state index in [1.165, 1.54) is 12.1 Å². The lowest BCUT2D eigenvalue weighted by Gasteiger charge is -2.34. The van der Waals surface area contributed by atoms with Crippen molar-refractivity contribution in [2.75, 3.05) is 27.8 Å². The van der Waals surface area contributed by atoms with Crippen molar-refractivity contribution in [3.8, 4) is 0 Å². The number of rotatable bonds is 4. The van der Waals surface area contributed by atoms with Gasteiger partial charge < -0.3 is 14.5 Å². The molecule has 1 heterocycles. The molecule has 19 heavy (non-hydrogen) atoms. The van der Waals surface area contributed by atoms with E-state index in [-0.39, 0.29) is 18.0 Å². The Morgan fingerprint density at radius 2 is 1.89 bits per heavy atom. The first-order valence-corrected chi connectivity index (χ1v) is 6.16. The summed E-state index contributed by atoms with van der Waals surface area (Å²) in [6.07, 6.45) is 1.79. The topological polar surface area (TPSA) is 33.7 Å². The minimum absolute atomic E-state index is 0.103. The molecule has 104 valence electrons. The lowest BCUT2D eigenvalue weighted by atomic mass is 10.0. The predicted octanol–water partition coefficient (Wildman–Crippen LogP) is 1.85. The molecule has 0 spiro atoms. The minimum Gasteiger partial charge on any atom is -0.355 e. The van der Waals surface area contributed by atoms with Gasteiger partial charge in [0, 0.05) is 33.7 Å². The summed E-state index contributed by atoms with van der Waals surface area (Å²) in [5, 5.41) is 1.92. The molecular formula is C14H19FN2O2. The fourth-order valence-corrected chi connectivity index (χ4v) is 2.23. The van der Waals surface area contributed by atoms with E-state index in [0.717, 1.165) is 17.8 Å². The smallest absolute Gasteiger partial charge is 0.164 e. The molecule has 1 aliphatic rings. The number of nitrogens with one attached hydrogen (secondary N) is 1. The Morgan fingerprint density at radius 1 is 1.26 bits per heavy atom. The Labute approximate surface area is 112 Å². The molecule has 5 heteroatoms. The van der Waals surface area contributed by atoms with Gasteiger partial charge in [0.05, 0.1) is 5.70 Å². The first kappa shape index (κ1) is 14.0. The number of ether oxygens (including phenoxy) is 2. The van der Waals surface area contributed by atoms with Crippen LogP contribution in [0.5, 0.6) is 0 Å². The number of hydrogen-bond acceptors (Lipinski definition) is 4. The van der Waals surface area contributed by atoms with Crippen LogP contribution in [0.2, 0.25) is 0 Å². The van der Waals surface area contributed by atoms with Crippen LogP contribution in [0.25, 0.3) is 5.70 Å². The molecule has 1 aliphatic heterocycles. The summed E-state index contributed by atoms with van der Waals surface area (Å²) in [7, 11) is 5.18. The maximum Gasteiger partial charge on any atom is 0.164 e. The van der Waals surface area contributed by atoms with Crippen LogP contribution in [0.4, 0.5) is 4.39 Å². The number of hydrogen-bond donors (Lipinski definition) is 1. The van der Waals surface area contributed by atoms with Gasteiger partial charge in [-0.1, -0.05) is 0 Å². The third-order valence-corrected chi connectivity index (χ3v) is 3.25. The zero-order valence-corrected chi connectivity index (χ0v) is 11.4. The van der Waals surface area contributed by atoms with Crippen LogP contribution in [-0.2, 0) is 9.47 Å². The molecule has 2 rings (SSSR count). The molecule has 0 aromatic heterocycles. The van der Waals surface area contributed by atoms with Gasteiger partial charge in [-0.2, -0.15) is 0 Å². The lowest BCUT2D eigenvalue weighted by molar-refractivity contribution is -0.128. The van der Waals surface area contributed by atoms with E-state index >= 15 is 0 Å². The van der Waals surface area contributed by atoms with E-state index in [1.807, 2.05) is 12.1 Å². The highest BCUT2D eigenvalue weighted by molar-refractivity contribution is 5.64. The van der Waals surface area contributed by atoms with E-state index in [2.05, 4.69) is 11.5 Å². The van der Waals surface area contributed by atoms with Crippen LogP contribution < -0.4 is 5.43 Å². The van der Waals surface area contributed by atoms with Gasteiger partial charge in [0.1, 0.15) is 5.82 Å². The average molecular weight is 266 g/mol. The van der Waals surface area contributed by atoms with Crippen molar-refractivity contribution in [1.29, 1.82) is 0 Å². The number of hydrazine groups is 1. The van der Waals surface area contributed by atoms with Crippen LogP contribution in [-0.4, -0.2) is 39.1 Å². The number of nitrogens with zero attached hydrogens (tertiary/aromatic N) is 1. The zero-order valence-electron chi connectivity index (χ0n) is 11.4. The Morgan fingerprint density at radius 3 is 2.47 bits per heavy atom. The van der Waals surface area contributed by atoms with E-state index in [9.17, 15) is 4.39 Å². The normalized spacial score (nSPS) is 19.7. The Balaban J connectivity index is 2.27. The summed E-state index contributed by atoms with van der Waals surface area (Å²) in [6, 6.07) is 6.43. The molecule has 0 amide bonds. The molecule has 4 nitrogen and oxygen atoms in total. The van der Waals surface area contributed by atoms with Gasteiger partial charge in [0.15, 0.2) is 6.29 Å². The van der Waals surface area contributed by atoms with Crippen LogP contribution in [0.1, 0.15) is 5.56 Å². The van der Waals surface area contributed by atoms with Crippen molar-refractivity contribution < 1.29 is 13.9 Å². The number of benzene rings is 1. The lowest BCUT2D eigenvalue weighted by Crippen LogP contribution is -2.44. The zero-order chi connectivity index (χ0) is 13.8. The van der Waals surface area contributed by atoms with Gasteiger partial charge in [-0.05, 0) is 35.9 Å². The molecule has 0 saturated heterocycles. The molecular weight excluding hydrogens is 247 g/mol. The molecule has 1 aromatic rings. The van der Waals surface area contributed by atoms with Crippen LogP contribution in [0.3, 0.4) is 0 Å². The van der Waals surface area contributed by atoms with Gasteiger partial charge in [-0.3, -0.25) is 0 Å². The fourth-order valence-electron chi connectivity index (χ4n) is 2.23. The summed E-state index contributed by atoms with van der Waals surface area (Å²) < 4.78 is 23.6. The second-order valence-electron chi connectivity index (χ2n) is 4.48. The minimum atomic E-state index is -0.295. The van der Waals surface area contributed by atoms with Gasteiger partial charge in [0.25, 0.3) is 0 Å². The van der Waals surface area contributed by atoms with Crippen molar-refractivity contribution in [3.05, 3.63) is 41.7 Å². The summed E-state index contributed by atoms with van der Waals surface area (Å²) in [4.78, 5) is 0. The highest BCUT2D eigenvalue weighted by Crippen LogP contribution is 2.24. The Hall–Kier alpha value is -1.43. The summed E-state index contributed by atoms with van der Waals surface area (Å²) in [6.45, 7) is 0.730. The first-order chi connectivity index (χ1) is 9.15. The van der Waals surface area contributed by atoms with Crippen molar-refractivity contribution in [3.63, 3.8) is 0 Å². The van der Waals surface area contributed by atoms with E-state index in [4.69, 9.17) is 9.47 Å². The fraction of sp³-hybridized carbons (Fsp3) is 0.429. The monoisotopic (exact) mass is 266 g/mol. The Kier molecular flexibility index (Phi) is 4.52. The summed E-state index contributed by atoms with van der Waals surface area (Å²) in [5.74, 6) is -0.134. The van der Waals surface area contributed by atoms with Crippen molar-refractivity contribution in [2.45, 2.75) is 6.29 Å². The van der Waals surface area contributed by atoms with Gasteiger partial charge in [0.2, 0.25) is 0 Å². The maximum atomic E-state index is 13.0. The first-order valence-electron chi connectivity index (χ1n) is 6.16. The second kappa shape index (κ2) is 6.14. The van der Waals surface area contributed by atoms with Gasteiger partial charge in [-0.25, -0.2) is 9.82 Å². The molecule has 0 fully saturated rings. The average Bonchev–Trinajstić information content (AvgIpc) is 2.43. The SMILES string of the molecule is COC(OC)C1C=C(c2ccc(F)cc2)N(C)NC1. The highest BCUT2D eigenvalue weighted by atomic mass is 19.1.